The maximum Gasteiger partial charge on any atom is 0.252 e. The van der Waals surface area contributed by atoms with E-state index in [1.165, 1.54) is 0 Å². The normalized spacial score (nSPS) is 28.0. The van der Waals surface area contributed by atoms with Crippen molar-refractivity contribution >= 4 is 18.3 Å². The third-order valence-corrected chi connectivity index (χ3v) is 4.96. The molecule has 132 valence electrons. The van der Waals surface area contributed by atoms with Crippen molar-refractivity contribution in [1.82, 2.24) is 4.90 Å². The van der Waals surface area contributed by atoms with E-state index in [-0.39, 0.29) is 43.4 Å². The molecule has 1 aromatic carbocycles. The van der Waals surface area contributed by atoms with E-state index in [2.05, 4.69) is 0 Å². The van der Waals surface area contributed by atoms with Crippen LogP contribution >= 0.6 is 12.4 Å². The molecule has 1 aromatic rings. The van der Waals surface area contributed by atoms with Crippen LogP contribution in [-0.4, -0.2) is 42.9 Å². The standard InChI is InChI=1S/C17H22N2O4.ClH/c18-9-12-4-6-15(23-12)17(20)19-7-1-2-13(19)11-3-5-14-16(8-11)22-10-21-14;/h3,5,8,12-13,15H,1-2,4,6-7,9-10,18H2;1H/t12-,13?,15+;/m1./s1. The number of hydrogen-bond acceptors (Lipinski definition) is 5. The van der Waals surface area contributed by atoms with Crippen molar-refractivity contribution in [2.75, 3.05) is 19.9 Å². The Morgan fingerprint density at radius 3 is 2.83 bits per heavy atom. The molecule has 3 heterocycles. The van der Waals surface area contributed by atoms with Crippen molar-refractivity contribution in [2.45, 2.75) is 43.9 Å². The highest BCUT2D eigenvalue weighted by atomic mass is 35.5. The Morgan fingerprint density at radius 2 is 2.04 bits per heavy atom. The largest absolute Gasteiger partial charge is 0.454 e. The van der Waals surface area contributed by atoms with Crippen LogP contribution in [0.4, 0.5) is 0 Å². The van der Waals surface area contributed by atoms with E-state index in [1.54, 1.807) is 0 Å². The van der Waals surface area contributed by atoms with Gasteiger partial charge in [0.1, 0.15) is 6.10 Å². The summed E-state index contributed by atoms with van der Waals surface area (Å²) in [5.74, 6) is 1.64. The van der Waals surface area contributed by atoms with E-state index in [4.69, 9.17) is 19.9 Å². The van der Waals surface area contributed by atoms with Gasteiger partial charge in [-0.2, -0.15) is 0 Å². The number of likely N-dealkylation sites (tertiary alicyclic amines) is 1. The van der Waals surface area contributed by atoms with Gasteiger partial charge in [0, 0.05) is 13.1 Å². The Hall–Kier alpha value is -1.50. The fraction of sp³-hybridized carbons (Fsp3) is 0.588. The Balaban J connectivity index is 0.00000169. The number of amides is 1. The van der Waals surface area contributed by atoms with Crippen molar-refractivity contribution in [3.8, 4) is 11.5 Å². The number of hydrogen-bond donors (Lipinski definition) is 1. The molecule has 2 fully saturated rings. The van der Waals surface area contributed by atoms with Gasteiger partial charge < -0.3 is 24.8 Å². The molecule has 24 heavy (non-hydrogen) atoms. The molecule has 3 aliphatic heterocycles. The van der Waals surface area contributed by atoms with Gasteiger partial charge in [0.25, 0.3) is 5.91 Å². The summed E-state index contributed by atoms with van der Waals surface area (Å²) >= 11 is 0. The van der Waals surface area contributed by atoms with Crippen molar-refractivity contribution in [3.63, 3.8) is 0 Å². The first-order valence-electron chi connectivity index (χ1n) is 8.32. The van der Waals surface area contributed by atoms with Gasteiger partial charge in [-0.25, -0.2) is 0 Å². The second-order valence-corrected chi connectivity index (χ2v) is 6.36. The minimum absolute atomic E-state index is 0. The molecule has 3 aliphatic rings. The molecule has 0 radical (unpaired) electrons. The average Bonchev–Trinajstić information content (AvgIpc) is 3.32. The first-order chi connectivity index (χ1) is 11.3. The molecule has 0 aliphatic carbocycles. The van der Waals surface area contributed by atoms with Gasteiger partial charge in [-0.15, -0.1) is 12.4 Å². The minimum atomic E-state index is -0.335. The summed E-state index contributed by atoms with van der Waals surface area (Å²) in [7, 11) is 0. The summed E-state index contributed by atoms with van der Waals surface area (Å²) in [6, 6.07) is 6.05. The van der Waals surface area contributed by atoms with Crippen molar-refractivity contribution < 1.29 is 19.0 Å². The number of carbonyl (C=O) groups excluding carboxylic acids is 1. The van der Waals surface area contributed by atoms with Gasteiger partial charge in [-0.1, -0.05) is 6.07 Å². The van der Waals surface area contributed by atoms with Gasteiger partial charge >= 0.3 is 0 Å². The third-order valence-electron chi connectivity index (χ3n) is 4.96. The van der Waals surface area contributed by atoms with Crippen LogP contribution in [0.3, 0.4) is 0 Å². The predicted molar refractivity (Wildman–Crippen MR) is 90.5 cm³/mol. The van der Waals surface area contributed by atoms with Gasteiger partial charge in [0.05, 0.1) is 12.1 Å². The molecule has 0 saturated carbocycles. The molecule has 4 rings (SSSR count). The first kappa shape index (κ1) is 17.3. The number of fused-ring (bicyclic) bond motifs is 1. The predicted octanol–water partition coefficient (Wildman–Crippen LogP) is 2.01. The maximum atomic E-state index is 12.8. The molecule has 2 N–H and O–H groups in total. The van der Waals surface area contributed by atoms with Crippen LogP contribution < -0.4 is 15.2 Å². The van der Waals surface area contributed by atoms with E-state index in [1.807, 2.05) is 23.1 Å². The Labute approximate surface area is 147 Å². The number of halogens is 1. The van der Waals surface area contributed by atoms with E-state index >= 15 is 0 Å². The molecule has 3 atom stereocenters. The van der Waals surface area contributed by atoms with Crippen molar-refractivity contribution in [2.24, 2.45) is 5.73 Å². The molecule has 7 heteroatoms. The molecule has 6 nitrogen and oxygen atoms in total. The fourth-order valence-corrected chi connectivity index (χ4v) is 3.74. The van der Waals surface area contributed by atoms with Gasteiger partial charge in [0.2, 0.25) is 6.79 Å². The minimum Gasteiger partial charge on any atom is -0.454 e. The van der Waals surface area contributed by atoms with E-state index in [0.717, 1.165) is 49.3 Å². The molecule has 0 spiro atoms. The highest BCUT2D eigenvalue weighted by molar-refractivity contribution is 5.85. The lowest BCUT2D eigenvalue weighted by molar-refractivity contribution is -0.143. The summed E-state index contributed by atoms with van der Waals surface area (Å²) in [4.78, 5) is 14.8. The number of carbonyl (C=O) groups is 1. The second-order valence-electron chi connectivity index (χ2n) is 6.36. The molecule has 1 amide bonds. The zero-order valence-corrected chi connectivity index (χ0v) is 14.3. The second kappa shape index (κ2) is 7.17. The molecular formula is C17H23ClN2O4. The summed E-state index contributed by atoms with van der Waals surface area (Å²) in [5, 5.41) is 0. The van der Waals surface area contributed by atoms with E-state index < -0.39 is 0 Å². The van der Waals surface area contributed by atoms with Crippen LogP contribution in [0, 0.1) is 0 Å². The van der Waals surface area contributed by atoms with Crippen LogP contribution in [0.2, 0.25) is 0 Å². The zero-order chi connectivity index (χ0) is 15.8. The molecular weight excluding hydrogens is 332 g/mol. The molecule has 0 aromatic heterocycles. The highest BCUT2D eigenvalue weighted by Crippen LogP contribution is 2.39. The van der Waals surface area contributed by atoms with Gasteiger partial charge in [-0.3, -0.25) is 4.79 Å². The van der Waals surface area contributed by atoms with Crippen molar-refractivity contribution in [1.29, 1.82) is 0 Å². The fourth-order valence-electron chi connectivity index (χ4n) is 3.74. The summed E-state index contributed by atoms with van der Waals surface area (Å²) in [6.07, 6.45) is 3.31. The number of rotatable bonds is 3. The number of nitrogens with zero attached hydrogens (tertiary/aromatic N) is 1. The van der Waals surface area contributed by atoms with Gasteiger partial charge in [0.15, 0.2) is 11.5 Å². The van der Waals surface area contributed by atoms with Crippen LogP contribution in [0.15, 0.2) is 18.2 Å². The number of nitrogens with two attached hydrogens (primary N) is 1. The summed E-state index contributed by atoms with van der Waals surface area (Å²) in [5.41, 5.74) is 6.75. The Kier molecular flexibility index (Phi) is 5.18. The zero-order valence-electron chi connectivity index (χ0n) is 13.5. The van der Waals surface area contributed by atoms with Crippen LogP contribution in [-0.2, 0) is 9.53 Å². The summed E-state index contributed by atoms with van der Waals surface area (Å²) in [6.45, 7) is 1.53. The number of ether oxygens (including phenoxy) is 3. The maximum absolute atomic E-state index is 12.8. The lowest BCUT2D eigenvalue weighted by atomic mass is 10.0. The lowest BCUT2D eigenvalue weighted by Crippen LogP contribution is -2.39. The number of benzene rings is 1. The summed E-state index contributed by atoms with van der Waals surface area (Å²) < 4.78 is 16.6. The third kappa shape index (κ3) is 3.06. The van der Waals surface area contributed by atoms with Crippen LogP contribution in [0.25, 0.3) is 0 Å². The highest BCUT2D eigenvalue weighted by Gasteiger charge is 2.38. The smallest absolute Gasteiger partial charge is 0.252 e. The van der Waals surface area contributed by atoms with Crippen molar-refractivity contribution in [3.05, 3.63) is 23.8 Å². The van der Waals surface area contributed by atoms with Gasteiger partial charge in [-0.05, 0) is 43.4 Å². The topological polar surface area (TPSA) is 74.0 Å². The van der Waals surface area contributed by atoms with Crippen LogP contribution in [0.1, 0.15) is 37.3 Å². The van der Waals surface area contributed by atoms with Crippen LogP contribution in [0.5, 0.6) is 11.5 Å². The average molecular weight is 355 g/mol. The van der Waals surface area contributed by atoms with E-state index in [9.17, 15) is 4.79 Å². The SMILES string of the molecule is Cl.NC[C@H]1CC[C@@H](C(=O)N2CCCC2c2ccc3c(c2)OCO3)O1. The molecule has 2 saturated heterocycles. The Morgan fingerprint density at radius 1 is 1.21 bits per heavy atom. The first-order valence-corrected chi connectivity index (χ1v) is 8.32. The Bertz CT molecular complexity index is 612. The monoisotopic (exact) mass is 354 g/mol. The lowest BCUT2D eigenvalue weighted by Gasteiger charge is -2.27. The van der Waals surface area contributed by atoms with E-state index in [0.29, 0.717) is 6.54 Å². The molecule has 1 unspecified atom stereocenters. The molecule has 0 bridgehead atoms. The quantitative estimate of drug-likeness (QED) is 0.898.